The van der Waals surface area contributed by atoms with Crippen molar-refractivity contribution < 1.29 is 19.1 Å². The molecule has 1 aliphatic rings. The lowest BCUT2D eigenvalue weighted by molar-refractivity contribution is -0.137. The van der Waals surface area contributed by atoms with E-state index < -0.39 is 17.9 Å². The molecule has 1 fully saturated rings. The maximum absolute atomic E-state index is 12.2. The van der Waals surface area contributed by atoms with E-state index in [9.17, 15) is 14.4 Å². The van der Waals surface area contributed by atoms with Crippen LogP contribution in [0.2, 0.25) is 15.1 Å². The molecule has 0 atom stereocenters. The van der Waals surface area contributed by atoms with Gasteiger partial charge in [0.15, 0.2) is 0 Å². The second kappa shape index (κ2) is 6.56. The Morgan fingerprint density at radius 1 is 1.23 bits per heavy atom. The molecule has 0 spiro atoms. The van der Waals surface area contributed by atoms with Crippen LogP contribution in [0.15, 0.2) is 23.9 Å². The first kappa shape index (κ1) is 16.6. The average molecular weight is 364 g/mol. The molecule has 0 aliphatic carbocycles. The Labute approximate surface area is 140 Å². The molecule has 9 heteroatoms. The molecule has 1 N–H and O–H groups in total. The molecule has 0 saturated carbocycles. The summed E-state index contributed by atoms with van der Waals surface area (Å²) in [5.41, 5.74) is -0.156. The zero-order chi connectivity index (χ0) is 16.4. The number of anilines is 1. The summed E-state index contributed by atoms with van der Waals surface area (Å²) in [6, 6.07) is 1.84. The third kappa shape index (κ3) is 3.19. The molecular weight excluding hydrogens is 355 g/mol. The minimum absolute atomic E-state index is 0.0609. The third-order valence-corrected chi connectivity index (χ3v) is 3.68. The SMILES string of the molecule is CCOC(=O)C=C1NC(=O)N(c2cc(Cl)c(Cl)cc2Cl)C1=O. The molecule has 0 aromatic heterocycles. The van der Waals surface area contributed by atoms with Crippen LogP contribution >= 0.6 is 34.8 Å². The number of amides is 3. The lowest BCUT2D eigenvalue weighted by atomic mass is 10.3. The summed E-state index contributed by atoms with van der Waals surface area (Å²) >= 11 is 17.7. The molecule has 6 nitrogen and oxygen atoms in total. The number of carbonyl (C=O) groups excluding carboxylic acids is 3. The number of rotatable bonds is 3. The van der Waals surface area contributed by atoms with E-state index in [-0.39, 0.29) is 33.1 Å². The number of ether oxygens (including phenoxy) is 1. The molecule has 0 unspecified atom stereocenters. The van der Waals surface area contributed by atoms with Crippen LogP contribution < -0.4 is 10.2 Å². The van der Waals surface area contributed by atoms with Gasteiger partial charge in [-0.1, -0.05) is 34.8 Å². The van der Waals surface area contributed by atoms with Crippen molar-refractivity contribution in [1.29, 1.82) is 0 Å². The Bertz CT molecular complexity index is 703. The van der Waals surface area contributed by atoms with Gasteiger partial charge >= 0.3 is 12.0 Å². The third-order valence-electron chi connectivity index (χ3n) is 2.66. The number of carbonyl (C=O) groups is 3. The molecule has 1 heterocycles. The van der Waals surface area contributed by atoms with Gasteiger partial charge in [-0.05, 0) is 19.1 Å². The van der Waals surface area contributed by atoms with Gasteiger partial charge in [-0.15, -0.1) is 0 Å². The largest absolute Gasteiger partial charge is 0.463 e. The molecule has 3 amide bonds. The highest BCUT2D eigenvalue weighted by molar-refractivity contribution is 6.45. The molecule has 1 aromatic rings. The Hall–Kier alpha value is -1.76. The van der Waals surface area contributed by atoms with Gasteiger partial charge in [0, 0.05) is 0 Å². The highest BCUT2D eigenvalue weighted by atomic mass is 35.5. The lowest BCUT2D eigenvalue weighted by Crippen LogP contribution is -2.30. The highest BCUT2D eigenvalue weighted by Crippen LogP contribution is 2.36. The van der Waals surface area contributed by atoms with E-state index in [0.717, 1.165) is 11.0 Å². The van der Waals surface area contributed by atoms with Gasteiger partial charge < -0.3 is 10.1 Å². The van der Waals surface area contributed by atoms with Crippen LogP contribution in [0.5, 0.6) is 0 Å². The summed E-state index contributed by atoms with van der Waals surface area (Å²) in [5, 5.41) is 2.65. The molecule has 1 aromatic carbocycles. The minimum atomic E-state index is -0.763. The number of nitrogens with zero attached hydrogens (tertiary/aromatic N) is 1. The standard InChI is InChI=1S/C13H9Cl3N2O4/c1-2-22-11(19)5-9-12(20)18(13(21)17-9)10-4-7(15)6(14)3-8(10)16/h3-5H,2H2,1H3,(H,17,21). The predicted octanol–water partition coefficient (Wildman–Crippen LogP) is 3.15. The number of imide groups is 1. The van der Waals surface area contributed by atoms with Crippen LogP contribution in [0.3, 0.4) is 0 Å². The summed E-state index contributed by atoms with van der Waals surface area (Å²) in [5.74, 6) is -1.49. The molecule has 116 valence electrons. The van der Waals surface area contributed by atoms with Crippen LogP contribution in [0, 0.1) is 0 Å². The van der Waals surface area contributed by atoms with Gasteiger partial charge in [-0.3, -0.25) is 4.79 Å². The maximum Gasteiger partial charge on any atom is 0.333 e. The van der Waals surface area contributed by atoms with Crippen molar-refractivity contribution in [2.24, 2.45) is 0 Å². The van der Waals surface area contributed by atoms with Crippen molar-refractivity contribution in [2.45, 2.75) is 6.92 Å². The lowest BCUT2D eigenvalue weighted by Gasteiger charge is -2.14. The predicted molar refractivity (Wildman–Crippen MR) is 82.2 cm³/mol. The van der Waals surface area contributed by atoms with Crippen molar-refractivity contribution in [2.75, 3.05) is 11.5 Å². The van der Waals surface area contributed by atoms with Crippen molar-refractivity contribution in [3.63, 3.8) is 0 Å². The number of benzene rings is 1. The zero-order valence-electron chi connectivity index (χ0n) is 11.2. The number of esters is 1. The molecule has 2 rings (SSSR count). The van der Waals surface area contributed by atoms with Crippen molar-refractivity contribution in [3.8, 4) is 0 Å². The summed E-state index contributed by atoms with van der Waals surface area (Å²) in [6.45, 7) is 1.76. The van der Waals surface area contributed by atoms with E-state index in [1.165, 1.54) is 12.1 Å². The second-order valence-corrected chi connectivity index (χ2v) is 5.32. The van der Waals surface area contributed by atoms with Gasteiger partial charge in [-0.25, -0.2) is 14.5 Å². The number of nitrogens with one attached hydrogen (secondary N) is 1. The monoisotopic (exact) mass is 362 g/mol. The first-order chi connectivity index (χ1) is 10.3. The smallest absolute Gasteiger partial charge is 0.333 e. The van der Waals surface area contributed by atoms with Crippen LogP contribution in [0.1, 0.15) is 6.92 Å². The van der Waals surface area contributed by atoms with Crippen LogP contribution in [0.25, 0.3) is 0 Å². The molecular formula is C13H9Cl3N2O4. The second-order valence-electron chi connectivity index (χ2n) is 4.10. The first-order valence-corrected chi connectivity index (χ1v) is 7.17. The Kier molecular flexibility index (Phi) is 4.95. The van der Waals surface area contributed by atoms with Gasteiger partial charge in [0.2, 0.25) is 0 Å². The van der Waals surface area contributed by atoms with Gasteiger partial charge in [0.05, 0.1) is 33.4 Å². The van der Waals surface area contributed by atoms with Crippen LogP contribution in [-0.2, 0) is 14.3 Å². The van der Waals surface area contributed by atoms with Crippen LogP contribution in [0.4, 0.5) is 10.5 Å². The van der Waals surface area contributed by atoms with E-state index in [4.69, 9.17) is 34.8 Å². The molecule has 0 bridgehead atoms. The first-order valence-electron chi connectivity index (χ1n) is 6.03. The van der Waals surface area contributed by atoms with Gasteiger partial charge in [0.1, 0.15) is 5.70 Å². The number of halogens is 3. The van der Waals surface area contributed by atoms with E-state index >= 15 is 0 Å². The molecule has 1 aliphatic heterocycles. The van der Waals surface area contributed by atoms with E-state index in [1.807, 2.05) is 0 Å². The van der Waals surface area contributed by atoms with Crippen molar-refractivity contribution in [3.05, 3.63) is 39.0 Å². The maximum atomic E-state index is 12.2. The fourth-order valence-electron chi connectivity index (χ4n) is 1.74. The van der Waals surface area contributed by atoms with E-state index in [1.54, 1.807) is 6.92 Å². The normalized spacial score (nSPS) is 16.2. The van der Waals surface area contributed by atoms with Crippen LogP contribution in [-0.4, -0.2) is 24.5 Å². The summed E-state index contributed by atoms with van der Waals surface area (Å²) in [6.07, 6.45) is 0.898. The zero-order valence-corrected chi connectivity index (χ0v) is 13.4. The summed E-state index contributed by atoms with van der Waals surface area (Å²) < 4.78 is 4.68. The van der Waals surface area contributed by atoms with E-state index in [2.05, 4.69) is 10.1 Å². The fourth-order valence-corrected chi connectivity index (χ4v) is 2.36. The molecule has 1 saturated heterocycles. The molecule has 0 radical (unpaired) electrons. The number of hydrogen-bond donors (Lipinski definition) is 1. The Morgan fingerprint density at radius 2 is 1.86 bits per heavy atom. The molecule has 22 heavy (non-hydrogen) atoms. The number of hydrogen-bond acceptors (Lipinski definition) is 4. The number of urea groups is 1. The topological polar surface area (TPSA) is 75.7 Å². The van der Waals surface area contributed by atoms with E-state index in [0.29, 0.717) is 0 Å². The fraction of sp³-hybridized carbons (Fsp3) is 0.154. The Balaban J connectivity index is 2.38. The van der Waals surface area contributed by atoms with Gasteiger partial charge in [-0.2, -0.15) is 0 Å². The van der Waals surface area contributed by atoms with Crippen molar-refractivity contribution >= 4 is 58.4 Å². The quantitative estimate of drug-likeness (QED) is 0.387. The van der Waals surface area contributed by atoms with Crippen molar-refractivity contribution in [1.82, 2.24) is 5.32 Å². The average Bonchev–Trinajstić information content (AvgIpc) is 2.69. The highest BCUT2D eigenvalue weighted by Gasteiger charge is 2.37. The minimum Gasteiger partial charge on any atom is -0.463 e. The summed E-state index contributed by atoms with van der Waals surface area (Å²) in [4.78, 5) is 36.3. The van der Waals surface area contributed by atoms with Gasteiger partial charge in [0.25, 0.3) is 5.91 Å². The Morgan fingerprint density at radius 3 is 2.50 bits per heavy atom. The summed E-state index contributed by atoms with van der Waals surface area (Å²) in [7, 11) is 0.